The quantitative estimate of drug-likeness (QED) is 0.154. The number of benzene rings is 1. The first kappa shape index (κ1) is 27.0. The minimum absolute atomic E-state index is 0.167. The van der Waals surface area contributed by atoms with E-state index in [1.165, 1.54) is 64.2 Å². The van der Waals surface area contributed by atoms with Gasteiger partial charge in [-0.15, -0.1) is 0 Å². The Balaban J connectivity index is 1.68. The van der Waals surface area contributed by atoms with Gasteiger partial charge in [0.1, 0.15) is 12.2 Å². The van der Waals surface area contributed by atoms with Crippen LogP contribution >= 0.6 is 0 Å². The Morgan fingerprint density at radius 1 is 0.938 bits per heavy atom. The minimum atomic E-state index is -3.59. The van der Waals surface area contributed by atoms with Crippen LogP contribution in [0.2, 0.25) is 0 Å². The van der Waals surface area contributed by atoms with Gasteiger partial charge in [0.25, 0.3) is 10.1 Å². The molecule has 5 nitrogen and oxygen atoms in total. The fraction of sp³-hybridized carbons (Fsp3) is 0.692. The zero-order valence-corrected chi connectivity index (χ0v) is 20.7. The smallest absolute Gasteiger partial charge is 0.264 e. The van der Waals surface area contributed by atoms with E-state index in [4.69, 9.17) is 13.7 Å². The standard InChI is InChI=1S/C26H42O5S/c1-3-4-5-6-7-8-9-10-11-12-13-14-18-21-24-25(31-32(2,27)28)22-29-26(30-24)23-19-16-15-17-20-23/h15-21,24-26H,3-14,22H2,1-2H3/b21-18+/t24-,25-,26+/m1/s1. The minimum Gasteiger partial charge on any atom is -0.345 e. The fourth-order valence-corrected chi connectivity index (χ4v) is 4.58. The normalized spacial score (nSPS) is 21.9. The van der Waals surface area contributed by atoms with E-state index in [2.05, 4.69) is 13.0 Å². The molecule has 0 aromatic heterocycles. The van der Waals surface area contributed by atoms with Gasteiger partial charge in [0.2, 0.25) is 0 Å². The highest BCUT2D eigenvalue weighted by molar-refractivity contribution is 7.86. The number of ether oxygens (including phenoxy) is 2. The number of hydrogen-bond acceptors (Lipinski definition) is 5. The lowest BCUT2D eigenvalue weighted by Gasteiger charge is -2.34. The second-order valence-corrected chi connectivity index (χ2v) is 10.4. The van der Waals surface area contributed by atoms with Crippen LogP contribution in [0.4, 0.5) is 0 Å². The highest BCUT2D eigenvalue weighted by atomic mass is 32.2. The van der Waals surface area contributed by atoms with Crippen LogP contribution in [-0.4, -0.2) is 33.5 Å². The topological polar surface area (TPSA) is 61.8 Å². The third-order valence-corrected chi connectivity index (χ3v) is 6.33. The van der Waals surface area contributed by atoms with Gasteiger partial charge in [-0.05, 0) is 12.8 Å². The molecule has 1 saturated heterocycles. The van der Waals surface area contributed by atoms with Crippen molar-refractivity contribution in [3.8, 4) is 0 Å². The molecule has 0 N–H and O–H groups in total. The van der Waals surface area contributed by atoms with Crippen molar-refractivity contribution in [1.29, 1.82) is 0 Å². The Bertz CT molecular complexity index is 732. The van der Waals surface area contributed by atoms with Crippen LogP contribution < -0.4 is 0 Å². The molecule has 0 aliphatic carbocycles. The fourth-order valence-electron chi connectivity index (χ4n) is 3.96. The van der Waals surface area contributed by atoms with Gasteiger partial charge in [0, 0.05) is 5.56 Å². The summed E-state index contributed by atoms with van der Waals surface area (Å²) in [6, 6.07) is 9.67. The highest BCUT2D eigenvalue weighted by Gasteiger charge is 2.34. The van der Waals surface area contributed by atoms with Crippen molar-refractivity contribution in [1.82, 2.24) is 0 Å². The van der Waals surface area contributed by atoms with Crippen molar-refractivity contribution < 1.29 is 22.1 Å². The Morgan fingerprint density at radius 3 is 2.12 bits per heavy atom. The first-order valence-corrected chi connectivity index (χ1v) is 14.2. The molecule has 2 rings (SSSR count). The summed E-state index contributed by atoms with van der Waals surface area (Å²) in [5.74, 6) is 0. The second kappa shape index (κ2) is 15.6. The Morgan fingerprint density at radius 2 is 1.53 bits per heavy atom. The van der Waals surface area contributed by atoms with Crippen LogP contribution in [0.5, 0.6) is 0 Å². The number of rotatable bonds is 16. The second-order valence-electron chi connectivity index (χ2n) is 8.77. The molecule has 1 aliphatic rings. The van der Waals surface area contributed by atoms with Gasteiger partial charge < -0.3 is 9.47 Å². The Labute approximate surface area is 195 Å². The Hall–Kier alpha value is -1.21. The van der Waals surface area contributed by atoms with Crippen molar-refractivity contribution >= 4 is 10.1 Å². The molecule has 0 bridgehead atoms. The third kappa shape index (κ3) is 11.6. The maximum atomic E-state index is 11.6. The van der Waals surface area contributed by atoms with Gasteiger partial charge >= 0.3 is 0 Å². The van der Waals surface area contributed by atoms with Crippen molar-refractivity contribution in [3.63, 3.8) is 0 Å². The van der Waals surface area contributed by atoms with Crippen molar-refractivity contribution in [2.45, 2.75) is 102 Å². The lowest BCUT2D eigenvalue weighted by Crippen LogP contribution is -2.42. The molecule has 182 valence electrons. The van der Waals surface area contributed by atoms with E-state index in [0.717, 1.165) is 24.7 Å². The van der Waals surface area contributed by atoms with Crippen molar-refractivity contribution in [2.24, 2.45) is 0 Å². The molecule has 1 fully saturated rings. The van der Waals surface area contributed by atoms with Gasteiger partial charge in [-0.25, -0.2) is 0 Å². The summed E-state index contributed by atoms with van der Waals surface area (Å²) in [5.41, 5.74) is 0.911. The molecule has 0 spiro atoms. The maximum absolute atomic E-state index is 11.6. The predicted molar refractivity (Wildman–Crippen MR) is 130 cm³/mol. The summed E-state index contributed by atoms with van der Waals surface area (Å²) in [6.45, 7) is 2.43. The summed E-state index contributed by atoms with van der Waals surface area (Å²) in [4.78, 5) is 0. The van der Waals surface area contributed by atoms with Crippen LogP contribution in [0.25, 0.3) is 0 Å². The van der Waals surface area contributed by atoms with E-state index in [9.17, 15) is 8.42 Å². The molecule has 0 unspecified atom stereocenters. The number of allylic oxidation sites excluding steroid dienone is 1. The highest BCUT2D eigenvalue weighted by Crippen LogP contribution is 2.29. The maximum Gasteiger partial charge on any atom is 0.264 e. The van der Waals surface area contributed by atoms with Gasteiger partial charge in [0.05, 0.1) is 12.9 Å². The van der Waals surface area contributed by atoms with Gasteiger partial charge in [-0.1, -0.05) is 114 Å². The zero-order valence-electron chi connectivity index (χ0n) is 19.9. The van der Waals surface area contributed by atoms with Crippen molar-refractivity contribution in [3.05, 3.63) is 48.0 Å². The van der Waals surface area contributed by atoms with Crippen LogP contribution in [0.1, 0.15) is 95.8 Å². The van der Waals surface area contributed by atoms with Crippen LogP contribution in [-0.2, 0) is 23.8 Å². The Kier molecular flexibility index (Phi) is 13.2. The van der Waals surface area contributed by atoms with E-state index in [-0.39, 0.29) is 6.61 Å². The van der Waals surface area contributed by atoms with E-state index >= 15 is 0 Å². The predicted octanol–water partition coefficient (Wildman–Crippen LogP) is 6.70. The molecule has 1 aromatic carbocycles. The van der Waals surface area contributed by atoms with E-state index in [1.54, 1.807) is 0 Å². The van der Waals surface area contributed by atoms with Crippen LogP contribution in [0.15, 0.2) is 42.5 Å². The molecule has 0 saturated carbocycles. The lowest BCUT2D eigenvalue weighted by atomic mass is 10.0. The molecule has 1 aromatic rings. The molecule has 32 heavy (non-hydrogen) atoms. The van der Waals surface area contributed by atoms with Crippen molar-refractivity contribution in [2.75, 3.05) is 12.9 Å². The van der Waals surface area contributed by atoms with Gasteiger partial charge in [-0.2, -0.15) is 8.42 Å². The molecule has 0 amide bonds. The summed E-state index contributed by atoms with van der Waals surface area (Å²) in [6.07, 6.45) is 18.9. The molecule has 6 heteroatoms. The molecule has 1 aliphatic heterocycles. The molecule has 3 atom stereocenters. The van der Waals surface area contributed by atoms with Crippen LogP contribution in [0, 0.1) is 0 Å². The number of unbranched alkanes of at least 4 members (excludes halogenated alkanes) is 11. The van der Waals surface area contributed by atoms with E-state index < -0.39 is 28.6 Å². The van der Waals surface area contributed by atoms with Gasteiger partial charge in [0.15, 0.2) is 6.29 Å². The summed E-state index contributed by atoms with van der Waals surface area (Å²) < 4.78 is 40.2. The third-order valence-electron chi connectivity index (χ3n) is 5.73. The largest absolute Gasteiger partial charge is 0.345 e. The van der Waals surface area contributed by atoms with E-state index in [0.29, 0.717) is 0 Å². The molecular formula is C26H42O5S. The average molecular weight is 467 g/mol. The summed E-state index contributed by atoms with van der Waals surface area (Å²) in [5, 5.41) is 0. The number of hydrogen-bond donors (Lipinski definition) is 0. The first-order chi connectivity index (χ1) is 15.5. The van der Waals surface area contributed by atoms with E-state index in [1.807, 2.05) is 36.4 Å². The molecule has 0 radical (unpaired) electrons. The molecular weight excluding hydrogens is 424 g/mol. The first-order valence-electron chi connectivity index (χ1n) is 12.4. The lowest BCUT2D eigenvalue weighted by molar-refractivity contribution is -0.238. The SMILES string of the molecule is CCCCCCCCCCCCC/C=C/[C@H]1O[C@@H](c2ccccc2)OC[C@H]1OS(C)(=O)=O. The summed E-state index contributed by atoms with van der Waals surface area (Å²) >= 11 is 0. The zero-order chi connectivity index (χ0) is 23.1. The average Bonchev–Trinajstić information content (AvgIpc) is 2.77. The van der Waals surface area contributed by atoms with Crippen LogP contribution in [0.3, 0.4) is 0 Å². The van der Waals surface area contributed by atoms with Gasteiger partial charge in [-0.3, -0.25) is 4.18 Å². The molecule has 1 heterocycles. The summed E-state index contributed by atoms with van der Waals surface area (Å²) in [7, 11) is -3.59. The monoisotopic (exact) mass is 466 g/mol.